The van der Waals surface area contributed by atoms with Crippen LogP contribution in [-0.4, -0.2) is 10.2 Å². The molecule has 2 aromatic carbocycles. The van der Waals surface area contributed by atoms with E-state index in [1.165, 1.54) is 11.1 Å². The second-order valence-corrected chi connectivity index (χ2v) is 7.26. The van der Waals surface area contributed by atoms with E-state index < -0.39 is 0 Å². The van der Waals surface area contributed by atoms with Crippen LogP contribution in [0, 0.1) is 0 Å². The van der Waals surface area contributed by atoms with Crippen LogP contribution < -0.4 is 5.32 Å². The van der Waals surface area contributed by atoms with E-state index in [1.807, 2.05) is 42.5 Å². The van der Waals surface area contributed by atoms with Crippen LogP contribution in [0.4, 0.5) is 5.13 Å². The highest BCUT2D eigenvalue weighted by Crippen LogP contribution is 2.28. The fourth-order valence-corrected chi connectivity index (χ4v) is 3.67. The molecular weight excluding hydrogens is 334 g/mol. The molecule has 0 aliphatic carbocycles. The van der Waals surface area contributed by atoms with Crippen molar-refractivity contribution in [2.45, 2.75) is 16.6 Å². The van der Waals surface area contributed by atoms with Crippen molar-refractivity contribution in [2.75, 3.05) is 5.32 Å². The van der Waals surface area contributed by atoms with Crippen molar-refractivity contribution < 1.29 is 0 Å². The lowest BCUT2D eigenvalue weighted by molar-refractivity contribution is 0.995. The van der Waals surface area contributed by atoms with Crippen LogP contribution in [0.2, 0.25) is 5.02 Å². The number of aromatic nitrogens is 2. The molecule has 6 heteroatoms. The van der Waals surface area contributed by atoms with E-state index >= 15 is 0 Å². The molecule has 3 aromatic rings. The molecule has 0 fully saturated rings. The van der Waals surface area contributed by atoms with Gasteiger partial charge in [0.1, 0.15) is 0 Å². The van der Waals surface area contributed by atoms with Crippen molar-refractivity contribution in [2.24, 2.45) is 0 Å². The van der Waals surface area contributed by atoms with Crippen molar-refractivity contribution in [1.29, 1.82) is 0 Å². The highest BCUT2D eigenvalue weighted by molar-refractivity contribution is 8.00. The van der Waals surface area contributed by atoms with E-state index in [-0.39, 0.29) is 0 Å². The smallest absolute Gasteiger partial charge is 0.206 e. The number of hydrogen-bond donors (Lipinski definition) is 1. The van der Waals surface area contributed by atoms with E-state index in [0.29, 0.717) is 0 Å². The molecule has 3 rings (SSSR count). The fraction of sp³-hybridized carbons (Fsp3) is 0.125. The van der Waals surface area contributed by atoms with Crippen LogP contribution in [-0.2, 0) is 12.3 Å². The number of halogens is 1. The Morgan fingerprint density at radius 1 is 0.955 bits per heavy atom. The van der Waals surface area contributed by atoms with E-state index in [0.717, 1.165) is 26.8 Å². The van der Waals surface area contributed by atoms with Crippen molar-refractivity contribution in [3.8, 4) is 0 Å². The van der Waals surface area contributed by atoms with Gasteiger partial charge in [0, 0.05) is 17.3 Å². The maximum atomic E-state index is 5.88. The zero-order valence-electron chi connectivity index (χ0n) is 11.7. The first kappa shape index (κ1) is 15.3. The summed E-state index contributed by atoms with van der Waals surface area (Å²) < 4.78 is 0.963. The van der Waals surface area contributed by atoms with Gasteiger partial charge in [-0.05, 0) is 23.3 Å². The zero-order valence-corrected chi connectivity index (χ0v) is 14.1. The lowest BCUT2D eigenvalue weighted by atomic mass is 10.2. The first-order valence-corrected chi connectivity index (χ1v) is 8.96. The second-order valence-electron chi connectivity index (χ2n) is 4.63. The molecule has 0 atom stereocenters. The van der Waals surface area contributed by atoms with Gasteiger partial charge in [-0.1, -0.05) is 77.2 Å². The van der Waals surface area contributed by atoms with Gasteiger partial charge in [-0.25, -0.2) is 0 Å². The summed E-state index contributed by atoms with van der Waals surface area (Å²) in [5, 5.41) is 13.3. The number of thioether (sulfide) groups is 1. The van der Waals surface area contributed by atoms with Gasteiger partial charge < -0.3 is 5.32 Å². The Hall–Kier alpha value is -1.56. The van der Waals surface area contributed by atoms with E-state index in [9.17, 15) is 0 Å². The fourth-order valence-electron chi connectivity index (χ4n) is 1.84. The predicted octanol–water partition coefficient (Wildman–Crippen LogP) is 5.10. The number of rotatable bonds is 6. The molecule has 0 unspecified atom stereocenters. The normalized spacial score (nSPS) is 10.6. The molecule has 0 radical (unpaired) electrons. The van der Waals surface area contributed by atoms with Crippen molar-refractivity contribution in [1.82, 2.24) is 10.2 Å². The summed E-state index contributed by atoms with van der Waals surface area (Å²) >= 11 is 9.14. The summed E-state index contributed by atoms with van der Waals surface area (Å²) in [6.45, 7) is 0.761. The van der Waals surface area contributed by atoms with Gasteiger partial charge in [0.2, 0.25) is 5.13 Å². The molecule has 22 heavy (non-hydrogen) atoms. The first-order chi connectivity index (χ1) is 10.8. The zero-order chi connectivity index (χ0) is 15.2. The largest absolute Gasteiger partial charge is 0.356 e. The quantitative estimate of drug-likeness (QED) is 0.630. The van der Waals surface area contributed by atoms with E-state index in [2.05, 4.69) is 27.6 Å². The van der Waals surface area contributed by atoms with Gasteiger partial charge in [0.05, 0.1) is 0 Å². The lowest BCUT2D eigenvalue weighted by Crippen LogP contribution is -1.98. The molecular formula is C16H14ClN3S2. The van der Waals surface area contributed by atoms with Crippen LogP contribution in [0.5, 0.6) is 0 Å². The third-order valence-electron chi connectivity index (χ3n) is 2.97. The molecule has 1 heterocycles. The van der Waals surface area contributed by atoms with Crippen LogP contribution >= 0.6 is 34.7 Å². The second kappa shape index (κ2) is 7.63. The number of anilines is 1. The number of hydrogen-bond acceptors (Lipinski definition) is 5. The Balaban J connectivity index is 1.51. The van der Waals surface area contributed by atoms with E-state index in [1.54, 1.807) is 23.1 Å². The van der Waals surface area contributed by atoms with Gasteiger partial charge in [-0.15, -0.1) is 10.2 Å². The van der Waals surface area contributed by atoms with Crippen LogP contribution in [0.25, 0.3) is 0 Å². The third-order valence-corrected chi connectivity index (χ3v) is 5.31. The summed E-state index contributed by atoms with van der Waals surface area (Å²) in [7, 11) is 0. The van der Waals surface area contributed by atoms with Gasteiger partial charge in [-0.2, -0.15) is 0 Å². The van der Waals surface area contributed by atoms with Gasteiger partial charge in [0.25, 0.3) is 0 Å². The highest BCUT2D eigenvalue weighted by Gasteiger charge is 2.05. The molecule has 0 saturated heterocycles. The maximum absolute atomic E-state index is 5.88. The molecule has 3 nitrogen and oxygen atoms in total. The maximum Gasteiger partial charge on any atom is 0.206 e. The summed E-state index contributed by atoms with van der Waals surface area (Å²) in [5.74, 6) is 0.866. The molecule has 0 spiro atoms. The predicted molar refractivity (Wildman–Crippen MR) is 94.7 cm³/mol. The SMILES string of the molecule is Clc1ccc(CSc2nnc(NCc3ccccc3)s2)cc1. The number of nitrogens with one attached hydrogen (secondary N) is 1. The molecule has 0 aliphatic rings. The Morgan fingerprint density at radius 2 is 1.73 bits per heavy atom. The van der Waals surface area contributed by atoms with Crippen molar-refractivity contribution >= 4 is 39.8 Å². The Kier molecular flexibility index (Phi) is 5.32. The number of benzene rings is 2. The van der Waals surface area contributed by atoms with Crippen LogP contribution in [0.15, 0.2) is 58.9 Å². The third kappa shape index (κ3) is 4.47. The highest BCUT2D eigenvalue weighted by atomic mass is 35.5. The Bertz CT molecular complexity index is 714. The average Bonchev–Trinajstić information content (AvgIpc) is 3.01. The molecule has 0 saturated carbocycles. The minimum absolute atomic E-state index is 0.761. The minimum Gasteiger partial charge on any atom is -0.356 e. The van der Waals surface area contributed by atoms with E-state index in [4.69, 9.17) is 11.6 Å². The average molecular weight is 348 g/mol. The van der Waals surface area contributed by atoms with Crippen LogP contribution in [0.1, 0.15) is 11.1 Å². The molecule has 0 bridgehead atoms. The summed E-state index contributed by atoms with van der Waals surface area (Å²) in [4.78, 5) is 0. The lowest BCUT2D eigenvalue weighted by Gasteiger charge is -2.01. The Labute approximate surface area is 142 Å². The topological polar surface area (TPSA) is 37.8 Å². The summed E-state index contributed by atoms with van der Waals surface area (Å²) in [6.07, 6.45) is 0. The minimum atomic E-state index is 0.761. The first-order valence-electron chi connectivity index (χ1n) is 6.78. The van der Waals surface area contributed by atoms with Gasteiger partial charge in [-0.3, -0.25) is 0 Å². The standard InChI is InChI=1S/C16H14ClN3S2/c17-14-8-6-13(7-9-14)11-21-16-20-19-15(22-16)18-10-12-4-2-1-3-5-12/h1-9H,10-11H2,(H,18,19). The summed E-state index contributed by atoms with van der Waals surface area (Å²) in [5.41, 5.74) is 2.46. The van der Waals surface area contributed by atoms with Crippen molar-refractivity contribution in [3.63, 3.8) is 0 Å². The number of nitrogens with zero attached hydrogens (tertiary/aromatic N) is 2. The molecule has 112 valence electrons. The van der Waals surface area contributed by atoms with Crippen molar-refractivity contribution in [3.05, 3.63) is 70.7 Å². The van der Waals surface area contributed by atoms with Crippen LogP contribution in [0.3, 0.4) is 0 Å². The monoisotopic (exact) mass is 347 g/mol. The van der Waals surface area contributed by atoms with Gasteiger partial charge >= 0.3 is 0 Å². The Morgan fingerprint density at radius 3 is 2.50 bits per heavy atom. The van der Waals surface area contributed by atoms with Gasteiger partial charge in [0.15, 0.2) is 4.34 Å². The molecule has 1 N–H and O–H groups in total. The summed E-state index contributed by atoms with van der Waals surface area (Å²) in [6, 6.07) is 18.1. The molecule has 0 aliphatic heterocycles. The molecule has 1 aromatic heterocycles. The molecule has 0 amide bonds.